The lowest BCUT2D eigenvalue weighted by Gasteiger charge is -2.27. The van der Waals surface area contributed by atoms with Crippen molar-refractivity contribution in [3.8, 4) is 0 Å². The molecule has 0 aromatic heterocycles. The lowest BCUT2D eigenvalue weighted by molar-refractivity contribution is 0.666. The second-order valence-electron chi connectivity index (χ2n) is 5.23. The van der Waals surface area contributed by atoms with Gasteiger partial charge < -0.3 is 11.1 Å². The SMILES string of the molecule is C=CC(C)(C)c1c(CBC)cccc1NCCN. The number of hydrogen-bond donors (Lipinski definition) is 2. The van der Waals surface area contributed by atoms with E-state index in [0.29, 0.717) is 6.54 Å². The van der Waals surface area contributed by atoms with Crippen LogP contribution in [0.5, 0.6) is 0 Å². The van der Waals surface area contributed by atoms with Crippen LogP contribution >= 0.6 is 0 Å². The highest BCUT2D eigenvalue weighted by atomic mass is 14.9. The van der Waals surface area contributed by atoms with Gasteiger partial charge in [-0.1, -0.05) is 45.2 Å². The quantitative estimate of drug-likeness (QED) is 0.571. The molecule has 2 nitrogen and oxygen atoms in total. The fourth-order valence-corrected chi connectivity index (χ4v) is 2.29. The molecule has 1 aromatic rings. The van der Waals surface area contributed by atoms with Crippen LogP contribution in [0.3, 0.4) is 0 Å². The molecular formula is C15H25BN2. The van der Waals surface area contributed by atoms with E-state index in [1.165, 1.54) is 16.8 Å². The van der Waals surface area contributed by atoms with Gasteiger partial charge in [-0.3, -0.25) is 0 Å². The first-order chi connectivity index (χ1) is 8.56. The van der Waals surface area contributed by atoms with Crippen molar-refractivity contribution in [3.63, 3.8) is 0 Å². The molecule has 0 amide bonds. The Labute approximate surface area is 112 Å². The van der Waals surface area contributed by atoms with Crippen LogP contribution in [-0.4, -0.2) is 20.4 Å². The zero-order valence-electron chi connectivity index (χ0n) is 11.9. The van der Waals surface area contributed by atoms with E-state index in [4.69, 9.17) is 5.73 Å². The highest BCUT2D eigenvalue weighted by Crippen LogP contribution is 2.34. The van der Waals surface area contributed by atoms with Crippen LogP contribution < -0.4 is 11.1 Å². The molecule has 0 heterocycles. The minimum Gasteiger partial charge on any atom is -0.384 e. The van der Waals surface area contributed by atoms with Gasteiger partial charge in [0, 0.05) is 24.2 Å². The molecule has 1 rings (SSSR count). The fraction of sp³-hybridized carbons (Fsp3) is 0.467. The summed E-state index contributed by atoms with van der Waals surface area (Å²) in [5.41, 5.74) is 9.51. The summed E-state index contributed by atoms with van der Waals surface area (Å²) in [7, 11) is 1.15. The second kappa shape index (κ2) is 6.65. The third-order valence-corrected chi connectivity index (χ3v) is 3.28. The number of allylic oxidation sites excluding steroid dienone is 1. The molecule has 0 unspecified atom stereocenters. The summed E-state index contributed by atoms with van der Waals surface area (Å²) in [6, 6.07) is 6.47. The van der Waals surface area contributed by atoms with E-state index in [9.17, 15) is 0 Å². The maximum atomic E-state index is 5.58. The Hall–Kier alpha value is -1.22. The molecule has 0 radical (unpaired) electrons. The average Bonchev–Trinajstić information content (AvgIpc) is 2.36. The summed E-state index contributed by atoms with van der Waals surface area (Å²) in [5, 5.41) is 3.43. The minimum atomic E-state index is -0.0251. The number of nitrogens with two attached hydrogens (primary N) is 1. The molecule has 1 aromatic carbocycles. The number of nitrogens with one attached hydrogen (secondary N) is 1. The van der Waals surface area contributed by atoms with Gasteiger partial charge in [0.25, 0.3) is 0 Å². The standard InChI is InChI=1S/C15H25BN2/c1-5-15(2,3)14-12(11-16-4)7-6-8-13(14)18-10-9-17/h5-8,16,18H,1,9-11,17H2,2-4H3. The van der Waals surface area contributed by atoms with Crippen molar-refractivity contribution in [2.75, 3.05) is 18.4 Å². The van der Waals surface area contributed by atoms with Crippen LogP contribution in [0.1, 0.15) is 25.0 Å². The zero-order chi connectivity index (χ0) is 13.6. The van der Waals surface area contributed by atoms with E-state index in [-0.39, 0.29) is 5.41 Å². The fourth-order valence-electron chi connectivity index (χ4n) is 2.29. The monoisotopic (exact) mass is 244 g/mol. The third-order valence-electron chi connectivity index (χ3n) is 3.28. The van der Waals surface area contributed by atoms with E-state index >= 15 is 0 Å². The van der Waals surface area contributed by atoms with Gasteiger partial charge in [0.2, 0.25) is 0 Å². The van der Waals surface area contributed by atoms with Crippen LogP contribution in [0.15, 0.2) is 30.9 Å². The average molecular weight is 244 g/mol. The van der Waals surface area contributed by atoms with E-state index in [1.807, 2.05) is 6.08 Å². The molecule has 0 saturated carbocycles. The van der Waals surface area contributed by atoms with E-state index < -0.39 is 0 Å². The van der Waals surface area contributed by atoms with Crippen LogP contribution in [0, 0.1) is 0 Å². The maximum absolute atomic E-state index is 5.58. The Morgan fingerprint density at radius 3 is 2.72 bits per heavy atom. The van der Waals surface area contributed by atoms with Crippen LogP contribution in [0.2, 0.25) is 6.82 Å². The maximum Gasteiger partial charge on any atom is 0.122 e. The highest BCUT2D eigenvalue weighted by Gasteiger charge is 2.23. The van der Waals surface area contributed by atoms with E-state index in [1.54, 1.807) is 0 Å². The summed E-state index contributed by atoms with van der Waals surface area (Å²) in [4.78, 5) is 0. The number of anilines is 1. The first-order valence-corrected chi connectivity index (χ1v) is 6.76. The van der Waals surface area contributed by atoms with Crippen molar-refractivity contribution in [3.05, 3.63) is 42.0 Å². The van der Waals surface area contributed by atoms with Crippen molar-refractivity contribution in [1.29, 1.82) is 0 Å². The van der Waals surface area contributed by atoms with Gasteiger partial charge in [0.15, 0.2) is 0 Å². The predicted molar refractivity (Wildman–Crippen MR) is 83.9 cm³/mol. The summed E-state index contributed by atoms with van der Waals surface area (Å²) in [5.74, 6) is 0. The van der Waals surface area contributed by atoms with Crippen molar-refractivity contribution < 1.29 is 0 Å². The Kier molecular flexibility index (Phi) is 5.48. The number of rotatable bonds is 7. The molecule has 3 N–H and O–H groups in total. The summed E-state index contributed by atoms with van der Waals surface area (Å²) < 4.78 is 0. The number of benzene rings is 1. The lowest BCUT2D eigenvalue weighted by atomic mass is 9.70. The molecule has 0 fully saturated rings. The Balaban J connectivity index is 3.24. The van der Waals surface area contributed by atoms with E-state index in [2.05, 4.69) is 50.8 Å². The van der Waals surface area contributed by atoms with Gasteiger partial charge in [0.1, 0.15) is 7.28 Å². The van der Waals surface area contributed by atoms with Gasteiger partial charge in [-0.15, -0.1) is 6.58 Å². The number of hydrogen-bond acceptors (Lipinski definition) is 2. The van der Waals surface area contributed by atoms with Crippen LogP contribution in [0.25, 0.3) is 0 Å². The molecule has 0 saturated heterocycles. The highest BCUT2D eigenvalue weighted by molar-refractivity contribution is 6.33. The third kappa shape index (κ3) is 3.39. The molecule has 98 valence electrons. The second-order valence-corrected chi connectivity index (χ2v) is 5.23. The van der Waals surface area contributed by atoms with Gasteiger partial charge in [0.05, 0.1) is 0 Å². The lowest BCUT2D eigenvalue weighted by Crippen LogP contribution is -2.21. The van der Waals surface area contributed by atoms with Crippen LogP contribution in [0.4, 0.5) is 5.69 Å². The van der Waals surface area contributed by atoms with Crippen molar-refractivity contribution >= 4 is 13.0 Å². The minimum absolute atomic E-state index is 0.0251. The van der Waals surface area contributed by atoms with Gasteiger partial charge in [-0.25, -0.2) is 0 Å². The summed E-state index contributed by atoms with van der Waals surface area (Å²) in [6.45, 7) is 12.1. The van der Waals surface area contributed by atoms with Crippen molar-refractivity contribution in [1.82, 2.24) is 0 Å². The van der Waals surface area contributed by atoms with Crippen molar-refractivity contribution in [2.24, 2.45) is 5.73 Å². The largest absolute Gasteiger partial charge is 0.384 e. The molecule has 0 bridgehead atoms. The van der Waals surface area contributed by atoms with Gasteiger partial charge in [-0.2, -0.15) is 0 Å². The molecule has 3 heteroatoms. The molecular weight excluding hydrogens is 219 g/mol. The zero-order valence-corrected chi connectivity index (χ0v) is 11.9. The predicted octanol–water partition coefficient (Wildman–Crippen LogP) is 2.51. The topological polar surface area (TPSA) is 38.0 Å². The van der Waals surface area contributed by atoms with E-state index in [0.717, 1.165) is 20.1 Å². The van der Waals surface area contributed by atoms with Gasteiger partial charge in [-0.05, 0) is 17.2 Å². The Morgan fingerprint density at radius 1 is 1.44 bits per heavy atom. The summed E-state index contributed by atoms with van der Waals surface area (Å²) in [6.07, 6.45) is 3.12. The molecule has 0 spiro atoms. The van der Waals surface area contributed by atoms with Gasteiger partial charge >= 0.3 is 0 Å². The van der Waals surface area contributed by atoms with Crippen LogP contribution in [-0.2, 0) is 11.7 Å². The Bertz CT molecular complexity index is 399. The smallest absolute Gasteiger partial charge is 0.122 e. The summed E-state index contributed by atoms with van der Waals surface area (Å²) >= 11 is 0. The van der Waals surface area contributed by atoms with Crippen molar-refractivity contribution in [2.45, 2.75) is 32.4 Å². The normalized spacial score (nSPS) is 11.1. The first kappa shape index (κ1) is 14.8. The molecule has 18 heavy (non-hydrogen) atoms. The molecule has 0 atom stereocenters. The molecule has 0 aliphatic heterocycles. The molecule has 0 aliphatic carbocycles. The first-order valence-electron chi connectivity index (χ1n) is 6.76. The Morgan fingerprint density at radius 2 is 2.17 bits per heavy atom. The molecule has 0 aliphatic rings.